The van der Waals surface area contributed by atoms with Crippen molar-refractivity contribution in [3.63, 3.8) is 0 Å². The van der Waals surface area contributed by atoms with Crippen molar-refractivity contribution < 1.29 is 43.1 Å². The van der Waals surface area contributed by atoms with E-state index in [0.717, 1.165) is 0 Å². The first kappa shape index (κ1) is 30.2. The van der Waals surface area contributed by atoms with E-state index in [-0.39, 0.29) is 34.9 Å². The normalized spacial score (nSPS) is 10.5. The average molecular weight is 524 g/mol. The van der Waals surface area contributed by atoms with Crippen LogP contribution in [0.5, 0.6) is 17.2 Å². The Labute approximate surface area is 211 Å². The molecule has 2 amide bonds. The highest BCUT2D eigenvalue weighted by molar-refractivity contribution is 5.67. The molecule has 0 aliphatic rings. The van der Waals surface area contributed by atoms with Crippen molar-refractivity contribution in [3.8, 4) is 17.2 Å². The summed E-state index contributed by atoms with van der Waals surface area (Å²) in [6.45, 7) is 1.34. The molecule has 0 heterocycles. The van der Waals surface area contributed by atoms with E-state index >= 15 is 0 Å². The lowest BCUT2D eigenvalue weighted by molar-refractivity contribution is -0.386. The van der Waals surface area contributed by atoms with Crippen molar-refractivity contribution in [2.45, 2.75) is 19.6 Å². The third kappa shape index (κ3) is 8.72. The number of hydrogen-bond acceptors (Lipinski definition) is 11. The number of carbonyl (C=O) groups is 2. The topological polar surface area (TPSA) is 191 Å². The van der Waals surface area contributed by atoms with Crippen LogP contribution in [0.1, 0.15) is 24.2 Å². The first-order valence-electron chi connectivity index (χ1n) is 10.5. The lowest BCUT2D eigenvalue weighted by Crippen LogP contribution is -2.21. The maximum absolute atomic E-state index is 11.2. The molecule has 37 heavy (non-hydrogen) atoms. The van der Waals surface area contributed by atoms with Crippen molar-refractivity contribution in [1.82, 2.24) is 10.6 Å². The summed E-state index contributed by atoms with van der Waals surface area (Å²) in [5.74, 6) is 1.02. The van der Waals surface area contributed by atoms with E-state index in [4.69, 9.17) is 23.7 Å². The Balaban J connectivity index is 0.000000375. The van der Waals surface area contributed by atoms with Crippen LogP contribution in [-0.4, -0.2) is 57.5 Å². The minimum atomic E-state index is -0.810. The Kier molecular flexibility index (Phi) is 11.9. The number of amides is 2. The number of nitro benzene ring substituents is 2. The Morgan fingerprint density at radius 2 is 1.43 bits per heavy atom. The number of carbonyl (C=O) groups excluding carboxylic acids is 2. The predicted octanol–water partition coefficient (Wildman–Crippen LogP) is 3.49. The molecule has 0 saturated carbocycles. The monoisotopic (exact) mass is 524 g/mol. The summed E-state index contributed by atoms with van der Waals surface area (Å²) < 4.78 is 24.8. The van der Waals surface area contributed by atoms with Crippen molar-refractivity contribution in [3.05, 3.63) is 61.7 Å². The summed E-state index contributed by atoms with van der Waals surface area (Å²) in [5, 5.41) is 26.4. The molecule has 2 aromatic carbocycles. The van der Waals surface area contributed by atoms with Gasteiger partial charge in [-0.3, -0.25) is 20.2 Å². The number of benzene rings is 2. The average Bonchev–Trinajstić information content (AvgIpc) is 2.90. The van der Waals surface area contributed by atoms with Crippen LogP contribution in [0.15, 0.2) is 30.3 Å². The molecule has 1 atom stereocenters. The maximum Gasteiger partial charge on any atom is 0.407 e. The zero-order valence-electron chi connectivity index (χ0n) is 21.1. The summed E-state index contributed by atoms with van der Waals surface area (Å²) in [6.07, 6.45) is -2.14. The van der Waals surface area contributed by atoms with Crippen LogP contribution in [0.2, 0.25) is 0 Å². The lowest BCUT2D eigenvalue weighted by atomic mass is 10.1. The van der Waals surface area contributed by atoms with Gasteiger partial charge in [-0.25, -0.2) is 9.59 Å². The number of rotatable bonds is 9. The smallest absolute Gasteiger partial charge is 0.407 e. The number of alkyl carbamates (subject to hydrolysis) is 2. The number of hydrogen-bond donors (Lipinski definition) is 2. The van der Waals surface area contributed by atoms with E-state index in [2.05, 4.69) is 10.6 Å². The molecule has 0 aromatic heterocycles. The van der Waals surface area contributed by atoms with Gasteiger partial charge in [-0.15, -0.1) is 0 Å². The van der Waals surface area contributed by atoms with Gasteiger partial charge in [0, 0.05) is 20.2 Å². The molecule has 2 N–H and O–H groups in total. The largest absolute Gasteiger partial charge is 0.497 e. The molecule has 0 spiro atoms. The van der Waals surface area contributed by atoms with Gasteiger partial charge in [0.15, 0.2) is 11.5 Å². The van der Waals surface area contributed by atoms with E-state index in [0.29, 0.717) is 11.5 Å². The highest BCUT2D eigenvalue weighted by Gasteiger charge is 2.25. The van der Waals surface area contributed by atoms with E-state index in [1.54, 1.807) is 0 Å². The van der Waals surface area contributed by atoms with Crippen LogP contribution in [0.3, 0.4) is 0 Å². The summed E-state index contributed by atoms with van der Waals surface area (Å²) in [5.41, 5.74) is 0.169. The SMILES string of the molecule is CNC(=O)OC(C)c1cc(OC)c(OC)cc1[N+](=O)[O-].CNC(=O)OCc1cc(OC)ccc1[N+](=O)[O-]. The van der Waals surface area contributed by atoms with E-state index in [9.17, 15) is 29.8 Å². The molecule has 0 saturated heterocycles. The molecule has 2 rings (SSSR count). The zero-order chi connectivity index (χ0) is 28.1. The van der Waals surface area contributed by atoms with Crippen LogP contribution in [0.4, 0.5) is 21.0 Å². The highest BCUT2D eigenvalue weighted by Crippen LogP contribution is 2.38. The van der Waals surface area contributed by atoms with Crippen LogP contribution in [-0.2, 0) is 16.1 Å². The second-order valence-electron chi connectivity index (χ2n) is 6.90. The number of nitrogens with one attached hydrogen (secondary N) is 2. The molecule has 0 fully saturated rings. The molecule has 0 aliphatic heterocycles. The Morgan fingerprint density at radius 1 is 0.865 bits per heavy atom. The molecule has 15 heteroatoms. The highest BCUT2D eigenvalue weighted by atomic mass is 16.6. The van der Waals surface area contributed by atoms with E-state index in [1.807, 2.05) is 0 Å². The van der Waals surface area contributed by atoms with Crippen LogP contribution >= 0.6 is 0 Å². The van der Waals surface area contributed by atoms with E-state index in [1.165, 1.54) is 72.7 Å². The Morgan fingerprint density at radius 3 is 1.92 bits per heavy atom. The van der Waals surface area contributed by atoms with Gasteiger partial charge in [-0.2, -0.15) is 0 Å². The summed E-state index contributed by atoms with van der Waals surface area (Å²) >= 11 is 0. The first-order valence-corrected chi connectivity index (χ1v) is 10.5. The van der Waals surface area contributed by atoms with Gasteiger partial charge in [0.05, 0.1) is 48.4 Å². The van der Waals surface area contributed by atoms with Gasteiger partial charge in [0.1, 0.15) is 18.5 Å². The molecule has 15 nitrogen and oxygen atoms in total. The van der Waals surface area contributed by atoms with Crippen molar-refractivity contribution in [1.29, 1.82) is 0 Å². The third-order valence-electron chi connectivity index (χ3n) is 4.70. The molecule has 0 bridgehead atoms. The van der Waals surface area contributed by atoms with E-state index < -0.39 is 28.1 Å². The molecule has 1 unspecified atom stereocenters. The van der Waals surface area contributed by atoms with Gasteiger partial charge < -0.3 is 34.3 Å². The van der Waals surface area contributed by atoms with Crippen molar-refractivity contribution in [2.24, 2.45) is 0 Å². The Bertz CT molecular complexity index is 1120. The quantitative estimate of drug-likeness (QED) is 0.360. The molecule has 2 aromatic rings. The zero-order valence-corrected chi connectivity index (χ0v) is 21.1. The van der Waals surface area contributed by atoms with Crippen LogP contribution in [0.25, 0.3) is 0 Å². The molecule has 0 radical (unpaired) electrons. The molecular formula is C22H28N4O11. The molecule has 0 aliphatic carbocycles. The fraction of sp³-hybridized carbons (Fsp3) is 0.364. The second kappa shape index (κ2) is 14.6. The Hall–Kier alpha value is -4.82. The van der Waals surface area contributed by atoms with Crippen LogP contribution in [0, 0.1) is 20.2 Å². The van der Waals surface area contributed by atoms with Gasteiger partial charge in [-0.1, -0.05) is 0 Å². The molecule has 202 valence electrons. The fourth-order valence-corrected chi connectivity index (χ4v) is 2.85. The number of methoxy groups -OCH3 is 3. The van der Waals surface area contributed by atoms with Gasteiger partial charge >= 0.3 is 12.2 Å². The number of nitrogens with zero attached hydrogens (tertiary/aromatic N) is 2. The van der Waals surface area contributed by atoms with Gasteiger partial charge in [0.25, 0.3) is 11.4 Å². The van der Waals surface area contributed by atoms with Gasteiger partial charge in [-0.05, 0) is 25.1 Å². The third-order valence-corrected chi connectivity index (χ3v) is 4.70. The minimum Gasteiger partial charge on any atom is -0.497 e. The summed E-state index contributed by atoms with van der Waals surface area (Å²) in [4.78, 5) is 42.8. The minimum absolute atomic E-state index is 0.116. The van der Waals surface area contributed by atoms with Crippen LogP contribution < -0.4 is 24.8 Å². The van der Waals surface area contributed by atoms with Crippen molar-refractivity contribution in [2.75, 3.05) is 35.4 Å². The second-order valence-corrected chi connectivity index (χ2v) is 6.90. The standard InChI is InChI=1S/C12H16N2O6.C10H12N2O5/c1-7(20-12(15)13-2)8-5-10(18-3)11(19-4)6-9(8)14(16)17;1-11-10(13)17-6-7-5-8(16-2)3-4-9(7)12(14)15/h5-7H,1-4H3,(H,13,15);3-5H,6H2,1-2H3,(H,11,13). The number of nitro groups is 2. The summed E-state index contributed by atoms with van der Waals surface area (Å²) in [7, 11) is 7.05. The summed E-state index contributed by atoms with van der Waals surface area (Å²) in [6, 6.07) is 6.90. The lowest BCUT2D eigenvalue weighted by Gasteiger charge is -2.15. The first-order chi connectivity index (χ1) is 17.5. The van der Waals surface area contributed by atoms with Crippen molar-refractivity contribution >= 4 is 23.6 Å². The molecular weight excluding hydrogens is 496 g/mol. The predicted molar refractivity (Wildman–Crippen MR) is 129 cm³/mol. The fourth-order valence-electron chi connectivity index (χ4n) is 2.85. The maximum atomic E-state index is 11.2. The van der Waals surface area contributed by atoms with Gasteiger partial charge in [0.2, 0.25) is 0 Å². The number of ether oxygens (including phenoxy) is 5.